The van der Waals surface area contributed by atoms with Gasteiger partial charge >= 0.3 is 5.97 Å². The van der Waals surface area contributed by atoms with E-state index in [1.165, 1.54) is 55.2 Å². The number of pyridine rings is 2. The smallest absolute Gasteiger partial charge is 0.307 e. The second kappa shape index (κ2) is 22.2. The first-order valence-electron chi connectivity index (χ1n) is 22.4. The summed E-state index contributed by atoms with van der Waals surface area (Å²) in [4.78, 5) is 31.1. The molecule has 0 bridgehead atoms. The first kappa shape index (κ1) is 47.5. The van der Waals surface area contributed by atoms with E-state index < -0.39 is 11.8 Å². The van der Waals surface area contributed by atoms with E-state index in [9.17, 15) is 27.2 Å². The van der Waals surface area contributed by atoms with Crippen molar-refractivity contribution in [2.24, 2.45) is 11.8 Å². The maximum atomic E-state index is 14.2. The second-order valence-corrected chi connectivity index (χ2v) is 17.6. The number of carboxylic acid groups (broad SMARTS) is 1. The minimum atomic E-state index is -0.986. The number of nitrogens with one attached hydrogen (secondary N) is 4. The Labute approximate surface area is 383 Å². The molecule has 4 heterocycles. The number of ketones is 1. The number of halogens is 4. The highest BCUT2D eigenvalue weighted by Gasteiger charge is 2.30. The Balaban J connectivity index is 0.000000196. The molecule has 9 nitrogen and oxygen atoms in total. The molecule has 0 saturated heterocycles. The molecule has 8 rings (SSSR count). The van der Waals surface area contributed by atoms with Crippen molar-refractivity contribution in [3.63, 3.8) is 0 Å². The number of carbonyl (C=O) groups excluding carboxylic acids is 1. The fourth-order valence-corrected chi connectivity index (χ4v) is 9.02. The fraction of sp³-hybridized carbons (Fsp3) is 0.321. The van der Waals surface area contributed by atoms with Crippen LogP contribution in [-0.4, -0.2) is 53.0 Å². The SMILES string of the molecule is CC(=O)Cc1cc(F)cc([C@H](C)CN[C@H](c2ccccc2)[C@H]2CNc3cc(F)cnc3C2)c1.C[C@@H](CN[C@H](c1ccccc1)[C@H]1CNc2cc(F)cnc2C1)c1cc(F)cc(CC(=O)O)c1. The number of carboxylic acids is 1. The highest BCUT2D eigenvalue weighted by Crippen LogP contribution is 2.34. The van der Waals surface area contributed by atoms with Crippen molar-refractivity contribution in [3.8, 4) is 0 Å². The third kappa shape index (κ3) is 12.9. The van der Waals surface area contributed by atoms with Crippen LogP contribution in [0, 0.1) is 35.1 Å². The normalized spacial score (nSPS) is 17.0. The molecule has 2 aliphatic heterocycles. The van der Waals surface area contributed by atoms with Crippen LogP contribution in [0.15, 0.2) is 122 Å². The molecule has 0 amide bonds. The first-order chi connectivity index (χ1) is 31.8. The highest BCUT2D eigenvalue weighted by atomic mass is 19.1. The molecule has 0 aliphatic carbocycles. The van der Waals surface area contributed by atoms with Gasteiger partial charge in [0.2, 0.25) is 0 Å². The number of rotatable bonds is 16. The minimum absolute atomic E-state index is 0.00759. The number of nitrogens with zero attached hydrogens (tertiary/aromatic N) is 2. The number of Topliss-reactive ketones (excluding diaryl/α,β-unsaturated/α-hetero) is 1. The van der Waals surface area contributed by atoms with Gasteiger partial charge < -0.3 is 26.4 Å². The molecule has 0 saturated carbocycles. The average Bonchev–Trinajstić information content (AvgIpc) is 3.29. The Morgan fingerprint density at radius 1 is 0.606 bits per heavy atom. The van der Waals surface area contributed by atoms with Crippen LogP contribution < -0.4 is 21.3 Å². The van der Waals surface area contributed by atoms with Crippen LogP contribution in [0.25, 0.3) is 0 Å². The van der Waals surface area contributed by atoms with Crippen LogP contribution >= 0.6 is 0 Å². The molecule has 0 spiro atoms. The third-order valence-corrected chi connectivity index (χ3v) is 12.3. The monoisotopic (exact) mass is 900 g/mol. The van der Waals surface area contributed by atoms with E-state index in [-0.39, 0.29) is 71.8 Å². The van der Waals surface area contributed by atoms with Gasteiger partial charge in [0, 0.05) is 68.7 Å². The first-order valence-corrected chi connectivity index (χ1v) is 22.4. The summed E-state index contributed by atoms with van der Waals surface area (Å²) in [7, 11) is 0. The Hall–Kier alpha value is -6.44. The van der Waals surface area contributed by atoms with Crippen molar-refractivity contribution >= 4 is 23.1 Å². The number of hydrogen-bond donors (Lipinski definition) is 5. The van der Waals surface area contributed by atoms with Crippen LogP contribution in [0.5, 0.6) is 0 Å². The van der Waals surface area contributed by atoms with Gasteiger partial charge in [-0.15, -0.1) is 0 Å². The summed E-state index contributed by atoms with van der Waals surface area (Å²) in [6.45, 7) is 8.15. The molecule has 13 heteroatoms. The summed E-state index contributed by atoms with van der Waals surface area (Å²) in [5.41, 5.74) is 8.28. The van der Waals surface area contributed by atoms with E-state index in [2.05, 4.69) is 62.4 Å². The summed E-state index contributed by atoms with van der Waals surface area (Å²) in [5.74, 6) is -2.01. The summed E-state index contributed by atoms with van der Waals surface area (Å²) in [6, 6.07) is 32.8. The standard InChI is InChI=1S/C27H29F2N3O.C26H27F2N3O2/c1-17(21-9-19(8-18(2)33)10-23(28)11-21)14-32-27(20-6-4-3-5-7-20)22-12-25-26(30-15-22)13-24(29)16-31-25;1-16(19-7-17(9-25(32)33)8-21(27)10-19)13-31-26(18-5-3-2-4-6-18)20-11-23-24(29-14-20)12-22(28)15-30-23/h3-7,9-11,13,16-17,22,27,30,32H,8,12,14-15H2,1-2H3;2-8,10,12,15-16,20,26,29,31H,9,11,13-14H2,1H3,(H,32,33)/t17-,22-,27-;16-,20+,26+/m10/s1. The van der Waals surface area contributed by atoms with Crippen LogP contribution in [-0.2, 0) is 35.3 Å². The zero-order chi connectivity index (χ0) is 46.7. The Morgan fingerprint density at radius 3 is 1.44 bits per heavy atom. The number of benzene rings is 4. The van der Waals surface area contributed by atoms with Gasteiger partial charge in [-0.25, -0.2) is 17.6 Å². The molecular weight excluding hydrogens is 845 g/mol. The van der Waals surface area contributed by atoms with Gasteiger partial charge in [0.15, 0.2) is 0 Å². The molecule has 4 aromatic carbocycles. The van der Waals surface area contributed by atoms with Gasteiger partial charge in [-0.2, -0.15) is 0 Å². The van der Waals surface area contributed by atoms with Crippen molar-refractivity contribution < 1.29 is 32.3 Å². The second-order valence-electron chi connectivity index (χ2n) is 17.6. The summed E-state index contributed by atoms with van der Waals surface area (Å²) < 4.78 is 55.4. The number of aromatic nitrogens is 2. The quantitative estimate of drug-likeness (QED) is 0.0604. The summed E-state index contributed by atoms with van der Waals surface area (Å²) in [6.07, 6.45) is 3.96. The molecule has 2 aliphatic rings. The molecule has 6 atom stereocenters. The maximum Gasteiger partial charge on any atom is 0.307 e. The van der Waals surface area contributed by atoms with E-state index in [0.717, 1.165) is 45.9 Å². The van der Waals surface area contributed by atoms with Crippen LogP contribution in [0.1, 0.15) is 89.5 Å². The molecule has 0 unspecified atom stereocenters. The number of aliphatic carboxylic acids is 1. The van der Waals surface area contributed by atoms with E-state index in [1.54, 1.807) is 12.1 Å². The number of fused-ring (bicyclic) bond motifs is 2. The third-order valence-electron chi connectivity index (χ3n) is 12.3. The van der Waals surface area contributed by atoms with Gasteiger partial charge in [0.1, 0.15) is 29.1 Å². The molecule has 344 valence electrons. The van der Waals surface area contributed by atoms with Gasteiger partial charge in [-0.1, -0.05) is 86.6 Å². The van der Waals surface area contributed by atoms with Crippen molar-refractivity contribution in [2.75, 3.05) is 36.8 Å². The van der Waals surface area contributed by atoms with Crippen LogP contribution in [0.4, 0.5) is 28.9 Å². The Morgan fingerprint density at radius 2 is 1.03 bits per heavy atom. The van der Waals surface area contributed by atoms with Gasteiger partial charge in [-0.3, -0.25) is 19.6 Å². The molecule has 0 fully saturated rings. The zero-order valence-corrected chi connectivity index (χ0v) is 37.3. The lowest BCUT2D eigenvalue weighted by Crippen LogP contribution is -2.37. The number of hydrogen-bond acceptors (Lipinski definition) is 8. The summed E-state index contributed by atoms with van der Waals surface area (Å²) in [5, 5.41) is 23.0. The molecular formula is C53H56F4N6O3. The topological polar surface area (TPSA) is 128 Å². The largest absolute Gasteiger partial charge is 0.481 e. The lowest BCUT2D eigenvalue weighted by molar-refractivity contribution is -0.136. The molecule has 6 aromatic rings. The predicted molar refractivity (Wildman–Crippen MR) is 249 cm³/mol. The van der Waals surface area contributed by atoms with E-state index in [4.69, 9.17) is 5.11 Å². The van der Waals surface area contributed by atoms with Crippen molar-refractivity contribution in [1.29, 1.82) is 0 Å². The van der Waals surface area contributed by atoms with Crippen molar-refractivity contribution in [1.82, 2.24) is 20.6 Å². The Bertz CT molecular complexity index is 2420. The summed E-state index contributed by atoms with van der Waals surface area (Å²) >= 11 is 0. The van der Waals surface area contributed by atoms with E-state index in [0.29, 0.717) is 43.7 Å². The molecule has 66 heavy (non-hydrogen) atoms. The average molecular weight is 901 g/mol. The number of carbonyl (C=O) groups is 2. The lowest BCUT2D eigenvalue weighted by atomic mass is 9.86. The highest BCUT2D eigenvalue weighted by molar-refractivity contribution is 5.78. The van der Waals surface area contributed by atoms with Crippen LogP contribution in [0.3, 0.4) is 0 Å². The van der Waals surface area contributed by atoms with Crippen molar-refractivity contribution in [3.05, 3.63) is 190 Å². The maximum absolute atomic E-state index is 14.2. The van der Waals surface area contributed by atoms with Gasteiger partial charge in [0.25, 0.3) is 0 Å². The van der Waals surface area contributed by atoms with Gasteiger partial charge in [0.05, 0.1) is 41.6 Å². The molecule has 5 N–H and O–H groups in total. The van der Waals surface area contributed by atoms with Gasteiger partial charge in [-0.05, 0) is 89.2 Å². The Kier molecular flexibility index (Phi) is 16.0. The van der Waals surface area contributed by atoms with Crippen molar-refractivity contribution in [2.45, 2.75) is 70.4 Å². The van der Waals surface area contributed by atoms with E-state index >= 15 is 0 Å². The minimum Gasteiger partial charge on any atom is -0.481 e. The fourth-order valence-electron chi connectivity index (χ4n) is 9.02. The zero-order valence-electron chi connectivity index (χ0n) is 37.3. The lowest BCUT2D eigenvalue weighted by Gasteiger charge is -2.33. The van der Waals surface area contributed by atoms with Crippen LogP contribution in [0.2, 0.25) is 0 Å². The predicted octanol–water partition coefficient (Wildman–Crippen LogP) is 9.92. The molecule has 2 aromatic heterocycles. The number of anilines is 2. The van der Waals surface area contributed by atoms with E-state index in [1.807, 2.05) is 49.4 Å². The molecule has 0 radical (unpaired) electrons.